The molecule has 1 saturated heterocycles. The maximum Gasteiger partial charge on any atom is 0.244 e. The molecule has 0 saturated carbocycles. The van der Waals surface area contributed by atoms with Crippen molar-refractivity contribution in [3.8, 4) is 22.6 Å². The summed E-state index contributed by atoms with van der Waals surface area (Å²) in [7, 11) is 5.36. The Morgan fingerprint density at radius 1 is 1.03 bits per heavy atom. The summed E-state index contributed by atoms with van der Waals surface area (Å²) in [6, 6.07) is 16.2. The molecule has 1 amide bonds. The van der Waals surface area contributed by atoms with E-state index in [0.717, 1.165) is 59.5 Å². The Balaban J connectivity index is 1.31. The summed E-state index contributed by atoms with van der Waals surface area (Å²) in [6.45, 7) is 6.12. The lowest BCUT2D eigenvalue weighted by Gasteiger charge is -2.34. The minimum Gasteiger partial charge on any atom is -0.493 e. The fourth-order valence-electron chi connectivity index (χ4n) is 4.90. The highest BCUT2D eigenvalue weighted by molar-refractivity contribution is 5.96. The van der Waals surface area contributed by atoms with E-state index in [2.05, 4.69) is 62.5 Å². The number of rotatable bonds is 8. The van der Waals surface area contributed by atoms with Crippen LogP contribution in [0.3, 0.4) is 0 Å². The molecule has 2 aromatic carbocycles. The molecule has 2 aromatic heterocycles. The third-order valence-corrected chi connectivity index (χ3v) is 7.29. The number of nitrogens with one attached hydrogen (secondary N) is 2. The Bertz CT molecular complexity index is 1490. The highest BCUT2D eigenvalue weighted by Gasteiger charge is 2.15. The summed E-state index contributed by atoms with van der Waals surface area (Å²) in [5.74, 6) is 1.09. The topological polar surface area (TPSA) is 82.7 Å². The lowest BCUT2D eigenvalue weighted by molar-refractivity contribution is -0.117. The van der Waals surface area contributed by atoms with Gasteiger partial charge in [0, 0.05) is 66.8 Å². The number of fused-ring (bicyclic) bond motifs is 1. The van der Waals surface area contributed by atoms with Gasteiger partial charge in [-0.25, -0.2) is 4.98 Å². The molecule has 2 N–H and O–H groups in total. The summed E-state index contributed by atoms with van der Waals surface area (Å²) < 4.78 is 10.7. The standard InChI is InChI=1S/C31H35N5O3/c1-21(22-8-10-28(38-3)29(18-22)39-4)34-30(37)11-9-24-19-32-31-27(24)17-25(20-33-31)23-6-5-7-26(16-23)36-14-12-35(2)13-15-36/h5-11,16-21H,12-15H2,1-4H3,(H,32,33)(H,34,37)/b11-9+/t21-/m1/s1. The van der Waals surface area contributed by atoms with Crippen LogP contribution >= 0.6 is 0 Å². The van der Waals surface area contributed by atoms with E-state index in [9.17, 15) is 4.79 Å². The average molecular weight is 526 g/mol. The van der Waals surface area contributed by atoms with Crippen molar-refractivity contribution in [3.63, 3.8) is 0 Å². The van der Waals surface area contributed by atoms with E-state index in [1.807, 2.05) is 43.6 Å². The van der Waals surface area contributed by atoms with Gasteiger partial charge in [0.05, 0.1) is 20.3 Å². The highest BCUT2D eigenvalue weighted by atomic mass is 16.5. The van der Waals surface area contributed by atoms with Gasteiger partial charge in [0.15, 0.2) is 11.5 Å². The molecule has 5 rings (SSSR count). The third kappa shape index (κ3) is 5.91. The number of H-pyrrole nitrogens is 1. The van der Waals surface area contributed by atoms with Crippen molar-refractivity contribution < 1.29 is 14.3 Å². The van der Waals surface area contributed by atoms with Gasteiger partial charge in [-0.1, -0.05) is 18.2 Å². The number of benzene rings is 2. The fraction of sp³-hybridized carbons (Fsp3) is 0.290. The Labute approximate surface area is 229 Å². The first-order valence-corrected chi connectivity index (χ1v) is 13.2. The van der Waals surface area contributed by atoms with Crippen LogP contribution in [0.15, 0.2) is 67.0 Å². The van der Waals surface area contributed by atoms with Crippen molar-refractivity contribution in [1.29, 1.82) is 0 Å². The molecule has 202 valence electrons. The molecule has 1 fully saturated rings. The molecule has 1 aliphatic rings. The summed E-state index contributed by atoms with van der Waals surface area (Å²) in [6.07, 6.45) is 7.15. The number of nitrogens with zero attached hydrogens (tertiary/aromatic N) is 3. The zero-order chi connectivity index (χ0) is 27.4. The van der Waals surface area contributed by atoms with Crippen molar-refractivity contribution in [2.45, 2.75) is 13.0 Å². The van der Waals surface area contributed by atoms with Crippen LogP contribution in [0.5, 0.6) is 11.5 Å². The fourth-order valence-corrected chi connectivity index (χ4v) is 4.90. The number of pyridine rings is 1. The van der Waals surface area contributed by atoms with Gasteiger partial charge in [-0.15, -0.1) is 0 Å². The number of carbonyl (C=O) groups excluding carboxylic acids is 1. The van der Waals surface area contributed by atoms with E-state index >= 15 is 0 Å². The van der Waals surface area contributed by atoms with E-state index in [1.54, 1.807) is 20.3 Å². The van der Waals surface area contributed by atoms with E-state index in [-0.39, 0.29) is 11.9 Å². The number of carbonyl (C=O) groups is 1. The van der Waals surface area contributed by atoms with E-state index < -0.39 is 0 Å². The molecule has 0 aliphatic carbocycles. The molecular weight excluding hydrogens is 490 g/mol. The monoisotopic (exact) mass is 525 g/mol. The summed E-state index contributed by atoms with van der Waals surface area (Å²) in [4.78, 5) is 25.4. The number of aromatic amines is 1. The van der Waals surface area contributed by atoms with E-state index in [1.165, 1.54) is 5.69 Å². The predicted octanol–water partition coefficient (Wildman–Crippen LogP) is 4.89. The number of ether oxygens (including phenoxy) is 2. The zero-order valence-corrected chi connectivity index (χ0v) is 22.9. The number of aromatic nitrogens is 2. The van der Waals surface area contributed by atoms with Crippen molar-refractivity contribution in [2.24, 2.45) is 0 Å². The minimum atomic E-state index is -0.203. The second-order valence-electron chi connectivity index (χ2n) is 9.88. The number of anilines is 1. The second-order valence-corrected chi connectivity index (χ2v) is 9.88. The Morgan fingerprint density at radius 3 is 2.59 bits per heavy atom. The molecule has 8 heteroatoms. The molecule has 0 unspecified atom stereocenters. The SMILES string of the molecule is COc1ccc([C@@H](C)NC(=O)/C=C/c2c[nH]c3ncc(-c4cccc(N5CCN(C)CC5)c4)cc23)cc1OC. The first kappa shape index (κ1) is 26.3. The number of amides is 1. The molecule has 0 spiro atoms. The zero-order valence-electron chi connectivity index (χ0n) is 22.9. The maximum atomic E-state index is 12.7. The summed E-state index contributed by atoms with van der Waals surface area (Å²) in [5, 5.41) is 3.98. The van der Waals surface area contributed by atoms with Crippen LogP contribution in [0.4, 0.5) is 5.69 Å². The van der Waals surface area contributed by atoms with Crippen molar-refractivity contribution in [2.75, 3.05) is 52.3 Å². The lowest BCUT2D eigenvalue weighted by atomic mass is 10.0. The van der Waals surface area contributed by atoms with Gasteiger partial charge >= 0.3 is 0 Å². The average Bonchev–Trinajstić information content (AvgIpc) is 3.38. The predicted molar refractivity (Wildman–Crippen MR) is 156 cm³/mol. The molecule has 4 aromatic rings. The molecule has 0 radical (unpaired) electrons. The van der Waals surface area contributed by atoms with Crippen LogP contribution < -0.4 is 19.7 Å². The van der Waals surface area contributed by atoms with E-state index in [0.29, 0.717) is 11.5 Å². The molecule has 0 bridgehead atoms. The highest BCUT2D eigenvalue weighted by Crippen LogP contribution is 2.30. The molecular formula is C31H35N5O3. The first-order valence-electron chi connectivity index (χ1n) is 13.2. The van der Waals surface area contributed by atoms with Crippen LogP contribution in [-0.2, 0) is 4.79 Å². The van der Waals surface area contributed by atoms with Crippen LogP contribution in [0.1, 0.15) is 24.1 Å². The van der Waals surface area contributed by atoms with Crippen LogP contribution in [-0.4, -0.2) is 68.2 Å². The van der Waals surface area contributed by atoms with Crippen LogP contribution in [0.2, 0.25) is 0 Å². The maximum absolute atomic E-state index is 12.7. The van der Waals surface area contributed by atoms with Crippen LogP contribution in [0.25, 0.3) is 28.2 Å². The van der Waals surface area contributed by atoms with Crippen molar-refractivity contribution in [3.05, 3.63) is 78.1 Å². The number of hydrogen-bond acceptors (Lipinski definition) is 6. The van der Waals surface area contributed by atoms with Gasteiger partial charge in [0.2, 0.25) is 5.91 Å². The molecule has 39 heavy (non-hydrogen) atoms. The van der Waals surface area contributed by atoms with Gasteiger partial charge in [-0.2, -0.15) is 0 Å². The number of hydrogen-bond donors (Lipinski definition) is 2. The summed E-state index contributed by atoms with van der Waals surface area (Å²) in [5.41, 5.74) is 6.01. The van der Waals surface area contributed by atoms with Crippen LogP contribution in [0, 0.1) is 0 Å². The third-order valence-electron chi connectivity index (χ3n) is 7.29. The van der Waals surface area contributed by atoms with Crippen molar-refractivity contribution in [1.82, 2.24) is 20.2 Å². The molecule has 8 nitrogen and oxygen atoms in total. The Morgan fingerprint density at radius 2 is 1.82 bits per heavy atom. The Hall–Kier alpha value is -4.30. The lowest BCUT2D eigenvalue weighted by Crippen LogP contribution is -2.44. The van der Waals surface area contributed by atoms with Gasteiger partial charge in [-0.05, 0) is 61.5 Å². The quantitative estimate of drug-likeness (QED) is 0.319. The Kier molecular flexibility index (Phi) is 7.84. The number of methoxy groups -OCH3 is 2. The summed E-state index contributed by atoms with van der Waals surface area (Å²) >= 11 is 0. The number of piperazine rings is 1. The molecule has 1 atom stereocenters. The second kappa shape index (κ2) is 11.6. The largest absolute Gasteiger partial charge is 0.493 e. The first-order chi connectivity index (χ1) is 18.9. The van der Waals surface area contributed by atoms with Gasteiger partial charge in [0.25, 0.3) is 0 Å². The smallest absolute Gasteiger partial charge is 0.244 e. The van der Waals surface area contributed by atoms with Gasteiger partial charge < -0.3 is 29.6 Å². The van der Waals surface area contributed by atoms with Gasteiger partial charge in [-0.3, -0.25) is 4.79 Å². The van der Waals surface area contributed by atoms with Crippen molar-refractivity contribution >= 4 is 28.7 Å². The number of likely N-dealkylation sites (N-methyl/N-ethyl adjacent to an activating group) is 1. The van der Waals surface area contributed by atoms with Gasteiger partial charge in [0.1, 0.15) is 5.65 Å². The minimum absolute atomic E-state index is 0.185. The normalized spacial score (nSPS) is 15.0. The molecule has 1 aliphatic heterocycles. The van der Waals surface area contributed by atoms with E-state index in [4.69, 9.17) is 9.47 Å². The molecule has 3 heterocycles.